The molecule has 0 amide bonds. The lowest BCUT2D eigenvalue weighted by atomic mass is 9.59. The van der Waals surface area contributed by atoms with Gasteiger partial charge in [0.15, 0.2) is 7.28 Å². The highest BCUT2D eigenvalue weighted by Gasteiger charge is 2.37. The van der Waals surface area contributed by atoms with Gasteiger partial charge in [0.1, 0.15) is 11.2 Å². The zero-order chi connectivity index (χ0) is 40.2. The molecule has 0 unspecified atom stereocenters. The first-order chi connectivity index (χ1) is 29.1. The van der Waals surface area contributed by atoms with Crippen molar-refractivity contribution < 1.29 is 4.42 Å². The molecule has 3 nitrogen and oxygen atoms in total. The lowest BCUT2D eigenvalue weighted by Crippen LogP contribution is -2.37. The Balaban J connectivity index is 1.11. The molecule has 2 aliphatic rings. The van der Waals surface area contributed by atoms with Gasteiger partial charge >= 0.3 is 0 Å². The summed E-state index contributed by atoms with van der Waals surface area (Å²) in [6.45, 7) is 11.5. The van der Waals surface area contributed by atoms with Gasteiger partial charge in [-0.05, 0) is 105 Å². The number of furan rings is 1. The summed E-state index contributed by atoms with van der Waals surface area (Å²) in [7, 11) is 2.42. The van der Waals surface area contributed by atoms with E-state index in [4.69, 9.17) is 4.42 Å². The SMILES string of the molecule is CC(C)(C)c1ccc(Nc2cc3c(cc2-c2ccc4c5cc6c(cc5n5c4c2[B]c2cc4oc7ccccc7c4cc2-5)sc2ccccc26)-c2ccccc2C3(C)C)cc1. The minimum absolute atomic E-state index is 0.0753. The molecule has 0 atom stereocenters. The molecule has 0 fully saturated rings. The fraction of sp³-hybridized carbons (Fsp3) is 0.127. The Morgan fingerprint density at radius 3 is 2.22 bits per heavy atom. The molecule has 8 aromatic carbocycles. The molecular formula is C55H40BN2OS. The second-order valence-corrected chi connectivity index (χ2v) is 19.5. The van der Waals surface area contributed by atoms with Crippen molar-refractivity contribution in [1.29, 1.82) is 0 Å². The van der Waals surface area contributed by atoms with Crippen LogP contribution in [0.2, 0.25) is 0 Å². The third kappa shape index (κ3) is 4.67. The van der Waals surface area contributed by atoms with E-state index < -0.39 is 0 Å². The minimum atomic E-state index is -0.137. The van der Waals surface area contributed by atoms with E-state index in [0.717, 1.165) is 38.8 Å². The average Bonchev–Trinajstić information content (AvgIpc) is 3.96. The summed E-state index contributed by atoms with van der Waals surface area (Å²) >= 11 is 1.88. The molecule has 0 bridgehead atoms. The van der Waals surface area contributed by atoms with E-state index in [1.165, 1.54) is 92.1 Å². The number of para-hydroxylation sites is 1. The van der Waals surface area contributed by atoms with Crippen molar-refractivity contribution in [2.45, 2.75) is 45.4 Å². The topological polar surface area (TPSA) is 30.1 Å². The van der Waals surface area contributed by atoms with Crippen LogP contribution in [-0.2, 0) is 10.8 Å². The summed E-state index contributed by atoms with van der Waals surface area (Å²) in [5.74, 6) is 0. The van der Waals surface area contributed by atoms with Crippen LogP contribution in [0.4, 0.5) is 11.4 Å². The molecule has 0 spiro atoms. The van der Waals surface area contributed by atoms with Crippen molar-refractivity contribution in [2.24, 2.45) is 0 Å². The van der Waals surface area contributed by atoms with Gasteiger partial charge in [-0.25, -0.2) is 0 Å². The summed E-state index contributed by atoms with van der Waals surface area (Å²) in [5.41, 5.74) is 19.0. The van der Waals surface area contributed by atoms with Gasteiger partial charge < -0.3 is 14.3 Å². The first-order valence-corrected chi connectivity index (χ1v) is 21.8. The molecule has 60 heavy (non-hydrogen) atoms. The van der Waals surface area contributed by atoms with E-state index >= 15 is 0 Å². The Hall–Kier alpha value is -6.56. The van der Waals surface area contributed by atoms with Crippen molar-refractivity contribution in [3.8, 4) is 27.9 Å². The normalized spacial score (nSPS) is 14.0. The number of thiophene rings is 1. The summed E-state index contributed by atoms with van der Waals surface area (Å²) in [5, 5.41) is 11.4. The second-order valence-electron chi connectivity index (χ2n) is 18.4. The first kappa shape index (κ1) is 34.3. The number of rotatable bonds is 3. The van der Waals surface area contributed by atoms with Gasteiger partial charge in [0.25, 0.3) is 0 Å². The van der Waals surface area contributed by atoms with E-state index in [1.54, 1.807) is 0 Å². The predicted octanol–water partition coefficient (Wildman–Crippen LogP) is 14.0. The van der Waals surface area contributed by atoms with Crippen LogP contribution in [0, 0.1) is 0 Å². The zero-order valence-electron chi connectivity index (χ0n) is 34.2. The minimum Gasteiger partial charge on any atom is -0.456 e. The standard InChI is InChI=1S/C55H40BN2OS/c1-54(2,3)30-18-20-31(21-19-30)57-45-27-43-37(32-12-6-9-15-42(32)55(43,4)5)24-38(45)35-22-23-36-39-25-41-34-14-8-11-17-50(34)60-51(41)29-46(39)58-47-26-40-33-13-7-10-16-48(33)59-49(40)28-44(47)56-52(35)53(36)58/h6-29,57H,1-5H3. The lowest BCUT2D eigenvalue weighted by molar-refractivity contribution is 0.590. The third-order valence-electron chi connectivity index (χ3n) is 13.6. The van der Waals surface area contributed by atoms with E-state index in [0.29, 0.717) is 0 Å². The second kappa shape index (κ2) is 11.8. The van der Waals surface area contributed by atoms with Gasteiger partial charge in [-0.1, -0.05) is 125 Å². The third-order valence-corrected chi connectivity index (χ3v) is 14.7. The van der Waals surface area contributed by atoms with Crippen molar-refractivity contribution in [3.05, 3.63) is 162 Å². The fourth-order valence-corrected chi connectivity index (χ4v) is 11.6. The Kier molecular flexibility index (Phi) is 6.75. The van der Waals surface area contributed by atoms with Crippen molar-refractivity contribution in [2.75, 3.05) is 5.32 Å². The van der Waals surface area contributed by atoms with Gasteiger partial charge in [-0.2, -0.15) is 0 Å². The molecule has 0 saturated heterocycles. The molecule has 0 saturated carbocycles. The molecule has 285 valence electrons. The zero-order valence-corrected chi connectivity index (χ0v) is 35.0. The van der Waals surface area contributed by atoms with Crippen molar-refractivity contribution in [3.63, 3.8) is 0 Å². The van der Waals surface area contributed by atoms with Crippen LogP contribution in [0.15, 0.2) is 150 Å². The number of hydrogen-bond donors (Lipinski definition) is 1. The molecule has 4 heterocycles. The molecular weight excluding hydrogens is 747 g/mol. The number of anilines is 2. The lowest BCUT2D eigenvalue weighted by Gasteiger charge is -2.26. The number of hydrogen-bond acceptors (Lipinski definition) is 3. The van der Waals surface area contributed by atoms with Gasteiger partial charge in [-0.3, -0.25) is 0 Å². The van der Waals surface area contributed by atoms with E-state index in [9.17, 15) is 0 Å². The Morgan fingerprint density at radius 2 is 1.37 bits per heavy atom. The van der Waals surface area contributed by atoms with Crippen LogP contribution in [-0.4, -0.2) is 11.8 Å². The molecule has 1 aliphatic carbocycles. The van der Waals surface area contributed by atoms with Crippen LogP contribution in [0.3, 0.4) is 0 Å². The number of nitrogens with zero attached hydrogens (tertiary/aromatic N) is 1. The summed E-state index contributed by atoms with van der Waals surface area (Å²) in [4.78, 5) is 0. The van der Waals surface area contributed by atoms with Crippen LogP contribution >= 0.6 is 11.3 Å². The van der Waals surface area contributed by atoms with Crippen LogP contribution in [0.25, 0.3) is 91.9 Å². The quantitative estimate of drug-likeness (QED) is 0.181. The van der Waals surface area contributed by atoms with E-state index in [-0.39, 0.29) is 10.8 Å². The summed E-state index contributed by atoms with van der Waals surface area (Å²) < 4.78 is 11.7. The highest BCUT2D eigenvalue weighted by Crippen LogP contribution is 2.52. The first-order valence-electron chi connectivity index (χ1n) is 21.0. The Labute approximate surface area is 353 Å². The fourth-order valence-electron chi connectivity index (χ4n) is 10.5. The highest BCUT2D eigenvalue weighted by molar-refractivity contribution is 7.25. The molecule has 3 aromatic heterocycles. The summed E-state index contributed by atoms with van der Waals surface area (Å²) in [6, 6.07) is 54.4. The maximum atomic E-state index is 6.54. The maximum absolute atomic E-state index is 6.54. The molecule has 5 heteroatoms. The van der Waals surface area contributed by atoms with Crippen LogP contribution in [0.1, 0.15) is 51.3 Å². The predicted molar refractivity (Wildman–Crippen MR) is 257 cm³/mol. The van der Waals surface area contributed by atoms with Gasteiger partial charge in [-0.15, -0.1) is 11.3 Å². The maximum Gasteiger partial charge on any atom is 0.198 e. The summed E-state index contributed by atoms with van der Waals surface area (Å²) in [6.07, 6.45) is 0. The number of fused-ring (bicyclic) bond motifs is 14. The average molecular weight is 788 g/mol. The van der Waals surface area contributed by atoms with Crippen molar-refractivity contribution in [1.82, 2.24) is 4.57 Å². The van der Waals surface area contributed by atoms with Crippen LogP contribution < -0.4 is 16.2 Å². The number of nitrogens with one attached hydrogen (secondary N) is 1. The molecule has 11 aromatic rings. The van der Waals surface area contributed by atoms with Gasteiger partial charge in [0.05, 0.1) is 5.52 Å². The van der Waals surface area contributed by atoms with E-state index in [1.807, 2.05) is 11.3 Å². The molecule has 1 aliphatic heterocycles. The van der Waals surface area contributed by atoms with Gasteiger partial charge in [0, 0.05) is 75.3 Å². The Bertz CT molecular complexity index is 3670. The molecule has 1 N–H and O–H groups in total. The Morgan fingerprint density at radius 1 is 0.583 bits per heavy atom. The molecule has 13 rings (SSSR count). The number of aromatic nitrogens is 1. The molecule has 1 radical (unpaired) electrons. The highest BCUT2D eigenvalue weighted by atomic mass is 32.1. The number of benzene rings is 8. The monoisotopic (exact) mass is 787 g/mol. The smallest absolute Gasteiger partial charge is 0.198 e. The van der Waals surface area contributed by atoms with E-state index in [2.05, 4.69) is 197 Å². The largest absolute Gasteiger partial charge is 0.456 e. The van der Waals surface area contributed by atoms with Gasteiger partial charge in [0.2, 0.25) is 0 Å². The van der Waals surface area contributed by atoms with Crippen molar-refractivity contribution >= 4 is 105 Å². The van der Waals surface area contributed by atoms with Crippen LogP contribution in [0.5, 0.6) is 0 Å².